The second kappa shape index (κ2) is 6.68. The molecular weight excluding hydrogens is 260 g/mol. The first-order valence-corrected chi connectivity index (χ1v) is 7.94. The lowest BCUT2D eigenvalue weighted by atomic mass is 10.0. The Bertz CT molecular complexity index is 408. The van der Waals surface area contributed by atoms with Gasteiger partial charge in [0.2, 0.25) is 0 Å². The fourth-order valence-corrected chi connectivity index (χ4v) is 3.42. The zero-order valence-electron chi connectivity index (χ0n) is 12.1. The lowest BCUT2D eigenvalue weighted by Gasteiger charge is -2.21. The molecule has 0 bridgehead atoms. The topological polar surface area (TPSA) is 45.6 Å². The number of anilines is 1. The summed E-state index contributed by atoms with van der Waals surface area (Å²) in [4.78, 5) is 8.10. The molecule has 4 nitrogen and oxygen atoms in total. The summed E-state index contributed by atoms with van der Waals surface area (Å²) in [6, 6.07) is 0. The van der Waals surface area contributed by atoms with E-state index in [2.05, 4.69) is 25.7 Å². The molecule has 0 aliphatic carbocycles. The van der Waals surface area contributed by atoms with E-state index in [0.29, 0.717) is 5.92 Å². The van der Waals surface area contributed by atoms with Crippen molar-refractivity contribution in [2.45, 2.75) is 52.2 Å². The molecule has 0 aromatic carbocycles. The van der Waals surface area contributed by atoms with Crippen LogP contribution in [-0.2, 0) is 11.3 Å². The monoisotopic (exact) mass is 284 g/mol. The second-order valence-corrected chi connectivity index (χ2v) is 6.32. The van der Waals surface area contributed by atoms with Gasteiger partial charge in [-0.3, -0.25) is 0 Å². The summed E-state index contributed by atoms with van der Waals surface area (Å²) in [7, 11) is 0. The van der Waals surface area contributed by atoms with E-state index < -0.39 is 0 Å². The summed E-state index contributed by atoms with van der Waals surface area (Å²) in [5.41, 5.74) is 1.07. The van der Waals surface area contributed by atoms with Gasteiger partial charge < -0.3 is 14.7 Å². The van der Waals surface area contributed by atoms with Crippen LogP contribution in [0.1, 0.15) is 50.1 Å². The summed E-state index contributed by atoms with van der Waals surface area (Å²) in [5, 5.41) is 10.5. The van der Waals surface area contributed by atoms with Gasteiger partial charge >= 0.3 is 0 Å². The summed E-state index contributed by atoms with van der Waals surface area (Å²) >= 11 is 1.63. The van der Waals surface area contributed by atoms with E-state index in [0.717, 1.165) is 48.2 Å². The van der Waals surface area contributed by atoms with E-state index in [9.17, 15) is 5.11 Å². The number of aromatic nitrogens is 1. The van der Waals surface area contributed by atoms with Crippen molar-refractivity contribution in [1.29, 1.82) is 0 Å². The highest BCUT2D eigenvalue weighted by molar-refractivity contribution is 7.15. The maximum Gasteiger partial charge on any atom is 0.185 e. The number of aliphatic hydroxyl groups is 1. The minimum atomic E-state index is 0.0945. The third-order valence-electron chi connectivity index (χ3n) is 3.66. The van der Waals surface area contributed by atoms with E-state index in [4.69, 9.17) is 9.72 Å². The first-order valence-electron chi connectivity index (χ1n) is 7.12. The van der Waals surface area contributed by atoms with Crippen LogP contribution in [-0.4, -0.2) is 35.9 Å². The molecular formula is C14H24N2O2S. The number of rotatable bonds is 4. The molecule has 1 aromatic rings. The Labute approximate surface area is 119 Å². The van der Waals surface area contributed by atoms with E-state index in [1.165, 1.54) is 0 Å². The molecule has 1 fully saturated rings. The molecule has 0 radical (unpaired) electrons. The molecule has 1 saturated heterocycles. The van der Waals surface area contributed by atoms with Crippen LogP contribution in [0.3, 0.4) is 0 Å². The highest BCUT2D eigenvalue weighted by Gasteiger charge is 2.22. The van der Waals surface area contributed by atoms with Crippen LogP contribution in [0.15, 0.2) is 0 Å². The normalized spacial score (nSPS) is 22.3. The molecule has 5 heteroatoms. The number of hydrogen-bond acceptors (Lipinski definition) is 5. The van der Waals surface area contributed by atoms with Gasteiger partial charge in [-0.25, -0.2) is 4.98 Å². The largest absolute Gasteiger partial charge is 0.391 e. The van der Waals surface area contributed by atoms with Crippen LogP contribution in [0.2, 0.25) is 0 Å². The van der Waals surface area contributed by atoms with Gasteiger partial charge in [0.05, 0.1) is 23.3 Å². The summed E-state index contributed by atoms with van der Waals surface area (Å²) in [6.07, 6.45) is 2.34. The molecule has 2 rings (SSSR count). The van der Waals surface area contributed by atoms with Crippen molar-refractivity contribution in [1.82, 2.24) is 4.98 Å². The third-order valence-corrected chi connectivity index (χ3v) is 4.78. The van der Waals surface area contributed by atoms with Crippen LogP contribution >= 0.6 is 11.3 Å². The fraction of sp³-hybridized carbons (Fsp3) is 0.786. The quantitative estimate of drug-likeness (QED) is 0.923. The number of thiazole rings is 1. The van der Waals surface area contributed by atoms with Gasteiger partial charge in [0.15, 0.2) is 5.13 Å². The molecule has 108 valence electrons. The molecule has 0 amide bonds. The van der Waals surface area contributed by atoms with Crippen LogP contribution in [0.5, 0.6) is 0 Å². The Kier molecular flexibility index (Phi) is 5.19. The Hall–Kier alpha value is -0.650. The average molecular weight is 284 g/mol. The third kappa shape index (κ3) is 3.46. The van der Waals surface area contributed by atoms with Crippen molar-refractivity contribution in [3.8, 4) is 0 Å². The second-order valence-electron chi connectivity index (χ2n) is 5.25. The van der Waals surface area contributed by atoms with Gasteiger partial charge in [-0.2, -0.15) is 0 Å². The molecule has 2 atom stereocenters. The molecule has 1 aromatic heterocycles. The molecule has 2 heterocycles. The molecule has 0 saturated carbocycles. The van der Waals surface area contributed by atoms with E-state index in [-0.39, 0.29) is 12.7 Å². The van der Waals surface area contributed by atoms with Crippen LogP contribution in [0.25, 0.3) is 0 Å². The number of hydrogen-bond donors (Lipinski definition) is 1. The fourth-order valence-electron chi connectivity index (χ4n) is 2.35. The molecule has 1 N–H and O–H groups in total. The first kappa shape index (κ1) is 14.8. The highest BCUT2D eigenvalue weighted by Crippen LogP contribution is 2.32. The van der Waals surface area contributed by atoms with Crippen molar-refractivity contribution < 1.29 is 9.84 Å². The zero-order valence-corrected chi connectivity index (χ0v) is 12.9. The van der Waals surface area contributed by atoms with Gasteiger partial charge in [-0.05, 0) is 25.7 Å². The smallest absolute Gasteiger partial charge is 0.185 e. The summed E-state index contributed by atoms with van der Waals surface area (Å²) in [6.45, 7) is 9.24. The van der Waals surface area contributed by atoms with Crippen LogP contribution in [0, 0.1) is 0 Å². The van der Waals surface area contributed by atoms with Crippen molar-refractivity contribution in [2.75, 3.05) is 24.6 Å². The van der Waals surface area contributed by atoms with Crippen molar-refractivity contribution in [2.24, 2.45) is 0 Å². The minimum absolute atomic E-state index is 0.0945. The SMILES string of the molecule is CCC(C)c1nc(N2CCCOC(C)C2)sc1CO. The van der Waals surface area contributed by atoms with Gasteiger partial charge in [0.25, 0.3) is 0 Å². The Balaban J connectivity index is 2.21. The number of ether oxygens (including phenoxy) is 1. The predicted octanol–water partition coefficient (Wildman–Crippen LogP) is 2.76. The van der Waals surface area contributed by atoms with E-state index >= 15 is 0 Å². The lowest BCUT2D eigenvalue weighted by Crippen LogP contribution is -2.30. The lowest BCUT2D eigenvalue weighted by molar-refractivity contribution is 0.0821. The van der Waals surface area contributed by atoms with Crippen molar-refractivity contribution >= 4 is 16.5 Å². The minimum Gasteiger partial charge on any atom is -0.391 e. The van der Waals surface area contributed by atoms with E-state index in [1.54, 1.807) is 11.3 Å². The molecule has 1 aliphatic heterocycles. The molecule has 2 unspecified atom stereocenters. The number of aliphatic hydroxyl groups excluding tert-OH is 1. The number of nitrogens with zero attached hydrogens (tertiary/aromatic N) is 2. The summed E-state index contributed by atoms with van der Waals surface area (Å²) in [5.74, 6) is 0.410. The van der Waals surface area contributed by atoms with Crippen LogP contribution in [0.4, 0.5) is 5.13 Å². The molecule has 1 aliphatic rings. The van der Waals surface area contributed by atoms with Gasteiger partial charge in [-0.15, -0.1) is 0 Å². The molecule has 19 heavy (non-hydrogen) atoms. The zero-order chi connectivity index (χ0) is 13.8. The van der Waals surface area contributed by atoms with Crippen molar-refractivity contribution in [3.05, 3.63) is 10.6 Å². The van der Waals surface area contributed by atoms with E-state index in [1.807, 2.05) is 0 Å². The first-order chi connectivity index (χ1) is 9.15. The Morgan fingerprint density at radius 3 is 3.05 bits per heavy atom. The van der Waals surface area contributed by atoms with Gasteiger partial charge in [0.1, 0.15) is 0 Å². The Morgan fingerprint density at radius 1 is 1.58 bits per heavy atom. The Morgan fingerprint density at radius 2 is 2.37 bits per heavy atom. The van der Waals surface area contributed by atoms with Gasteiger partial charge in [-0.1, -0.05) is 25.2 Å². The maximum absolute atomic E-state index is 9.51. The highest BCUT2D eigenvalue weighted by atomic mass is 32.1. The van der Waals surface area contributed by atoms with Crippen LogP contribution < -0.4 is 4.90 Å². The van der Waals surface area contributed by atoms with Crippen molar-refractivity contribution in [3.63, 3.8) is 0 Å². The standard InChI is InChI=1S/C14H24N2O2S/c1-4-10(2)13-12(9-17)19-14(15-13)16-6-5-7-18-11(3)8-16/h10-11,17H,4-9H2,1-3H3. The predicted molar refractivity (Wildman–Crippen MR) is 79.0 cm³/mol. The average Bonchev–Trinajstić information content (AvgIpc) is 2.74. The maximum atomic E-state index is 9.51. The molecule has 0 spiro atoms. The van der Waals surface area contributed by atoms with Gasteiger partial charge in [0, 0.05) is 19.7 Å². The summed E-state index contributed by atoms with van der Waals surface area (Å²) < 4.78 is 5.67.